The van der Waals surface area contributed by atoms with Crippen molar-refractivity contribution in [1.29, 1.82) is 0 Å². The average molecular weight is 497 g/mol. The number of anilines is 1. The number of aliphatic hydroxyl groups is 1. The van der Waals surface area contributed by atoms with Gasteiger partial charge in [0.15, 0.2) is 17.1 Å². The SMILES string of the molecule is CC(=O)Nc1ccc(CCCCc2nnc(C(O)NCc3cccc(OC(F)(F)F)c3)s2)nn1. The van der Waals surface area contributed by atoms with Crippen LogP contribution in [0.15, 0.2) is 36.4 Å². The first-order valence-electron chi connectivity index (χ1n) is 10.4. The van der Waals surface area contributed by atoms with Crippen molar-refractivity contribution in [3.63, 3.8) is 0 Å². The number of aryl methyl sites for hydroxylation is 2. The zero-order valence-electron chi connectivity index (χ0n) is 18.2. The van der Waals surface area contributed by atoms with Gasteiger partial charge in [0.25, 0.3) is 0 Å². The van der Waals surface area contributed by atoms with E-state index in [4.69, 9.17) is 0 Å². The van der Waals surface area contributed by atoms with E-state index in [1.165, 1.54) is 36.5 Å². The van der Waals surface area contributed by atoms with Crippen molar-refractivity contribution >= 4 is 23.1 Å². The highest BCUT2D eigenvalue weighted by Gasteiger charge is 2.31. The highest BCUT2D eigenvalue weighted by atomic mass is 32.1. The van der Waals surface area contributed by atoms with Crippen LogP contribution in [0.25, 0.3) is 0 Å². The molecule has 0 aliphatic heterocycles. The third-order valence-corrected chi connectivity index (χ3v) is 5.48. The standard InChI is InChI=1S/C21H23F3N6O3S/c1-13(31)26-17-10-9-15(27-28-17)6-2-3-8-18-29-30-20(34-18)19(32)25-12-14-5-4-7-16(11-14)33-21(22,23)24/h4-5,7,9-11,19,25,32H,2-3,6,8,12H2,1H3,(H,26,28,31). The van der Waals surface area contributed by atoms with Crippen LogP contribution in [-0.4, -0.2) is 37.8 Å². The van der Waals surface area contributed by atoms with Crippen molar-refractivity contribution in [1.82, 2.24) is 25.7 Å². The smallest absolute Gasteiger partial charge is 0.406 e. The molecule has 1 atom stereocenters. The van der Waals surface area contributed by atoms with E-state index in [1.807, 2.05) is 6.07 Å². The zero-order chi connectivity index (χ0) is 24.6. The molecule has 0 saturated heterocycles. The van der Waals surface area contributed by atoms with Crippen LogP contribution in [0.2, 0.25) is 0 Å². The lowest BCUT2D eigenvalue weighted by atomic mass is 10.1. The largest absolute Gasteiger partial charge is 0.573 e. The summed E-state index contributed by atoms with van der Waals surface area (Å²) in [7, 11) is 0. The maximum atomic E-state index is 12.4. The molecule has 3 N–H and O–H groups in total. The maximum absolute atomic E-state index is 12.4. The van der Waals surface area contributed by atoms with Crippen LogP contribution in [0.5, 0.6) is 5.75 Å². The molecule has 3 rings (SSSR count). The van der Waals surface area contributed by atoms with E-state index in [9.17, 15) is 23.1 Å². The minimum Gasteiger partial charge on any atom is -0.406 e. The molecule has 13 heteroatoms. The summed E-state index contributed by atoms with van der Waals surface area (Å²) in [6.07, 6.45) is -2.78. The van der Waals surface area contributed by atoms with Crippen LogP contribution < -0.4 is 15.4 Å². The number of unbranched alkanes of at least 4 members (excludes halogenated alkanes) is 1. The predicted molar refractivity (Wildman–Crippen MR) is 118 cm³/mol. The van der Waals surface area contributed by atoms with E-state index in [0.717, 1.165) is 30.0 Å². The number of hydrogen-bond donors (Lipinski definition) is 3. The van der Waals surface area contributed by atoms with Crippen LogP contribution >= 0.6 is 11.3 Å². The lowest BCUT2D eigenvalue weighted by molar-refractivity contribution is -0.274. The molecule has 0 aliphatic rings. The summed E-state index contributed by atoms with van der Waals surface area (Å²) in [6, 6.07) is 9.03. The summed E-state index contributed by atoms with van der Waals surface area (Å²) in [5, 5.41) is 32.9. The molecule has 2 heterocycles. The van der Waals surface area contributed by atoms with E-state index in [2.05, 4.69) is 35.8 Å². The highest BCUT2D eigenvalue weighted by molar-refractivity contribution is 7.11. The van der Waals surface area contributed by atoms with Gasteiger partial charge in [0, 0.05) is 19.9 Å². The molecular formula is C21H23F3N6O3S. The van der Waals surface area contributed by atoms with E-state index >= 15 is 0 Å². The zero-order valence-corrected chi connectivity index (χ0v) is 19.0. The van der Waals surface area contributed by atoms with Gasteiger partial charge in [-0.3, -0.25) is 10.1 Å². The van der Waals surface area contributed by atoms with E-state index in [0.29, 0.717) is 22.8 Å². The van der Waals surface area contributed by atoms with E-state index in [1.54, 1.807) is 12.1 Å². The normalized spacial score (nSPS) is 12.4. The first-order valence-corrected chi connectivity index (χ1v) is 11.2. The Morgan fingerprint density at radius 3 is 2.62 bits per heavy atom. The average Bonchev–Trinajstić information content (AvgIpc) is 3.24. The van der Waals surface area contributed by atoms with Gasteiger partial charge in [-0.15, -0.1) is 28.5 Å². The van der Waals surface area contributed by atoms with Crippen molar-refractivity contribution in [2.24, 2.45) is 0 Å². The van der Waals surface area contributed by atoms with E-state index in [-0.39, 0.29) is 18.2 Å². The van der Waals surface area contributed by atoms with Crippen molar-refractivity contribution in [3.05, 3.63) is 57.7 Å². The number of aromatic nitrogens is 4. The highest BCUT2D eigenvalue weighted by Crippen LogP contribution is 2.24. The van der Waals surface area contributed by atoms with Crippen molar-refractivity contribution < 1.29 is 27.8 Å². The Balaban J connectivity index is 1.40. The number of hydrogen-bond acceptors (Lipinski definition) is 9. The molecule has 0 radical (unpaired) electrons. The number of carbonyl (C=O) groups is 1. The van der Waals surface area contributed by atoms with Gasteiger partial charge >= 0.3 is 6.36 Å². The quantitative estimate of drug-likeness (QED) is 0.272. The molecule has 0 aliphatic carbocycles. The van der Waals surface area contributed by atoms with Gasteiger partial charge in [-0.25, -0.2) is 0 Å². The summed E-state index contributed by atoms with van der Waals surface area (Å²) in [6.45, 7) is 1.52. The number of aliphatic hydroxyl groups excluding tert-OH is 1. The molecule has 9 nitrogen and oxygen atoms in total. The van der Waals surface area contributed by atoms with Crippen LogP contribution in [0.1, 0.15) is 47.3 Å². The lowest BCUT2D eigenvalue weighted by Crippen LogP contribution is -2.20. The molecule has 0 saturated carbocycles. The predicted octanol–water partition coefficient (Wildman–Crippen LogP) is 3.53. The maximum Gasteiger partial charge on any atom is 0.573 e. The number of alkyl halides is 3. The number of carbonyl (C=O) groups excluding carboxylic acids is 1. The molecule has 0 bridgehead atoms. The Morgan fingerprint density at radius 2 is 1.91 bits per heavy atom. The molecule has 1 amide bonds. The first-order chi connectivity index (χ1) is 16.2. The van der Waals surface area contributed by atoms with Gasteiger partial charge in [-0.2, -0.15) is 5.10 Å². The second-order valence-electron chi connectivity index (χ2n) is 7.31. The summed E-state index contributed by atoms with van der Waals surface area (Å²) < 4.78 is 40.9. The van der Waals surface area contributed by atoms with Gasteiger partial charge in [0.2, 0.25) is 5.91 Å². The Kier molecular flexibility index (Phi) is 8.85. The number of ether oxygens (including phenoxy) is 1. The number of nitrogens with one attached hydrogen (secondary N) is 2. The number of benzene rings is 1. The molecule has 1 unspecified atom stereocenters. The fraction of sp³-hybridized carbons (Fsp3) is 0.381. The monoisotopic (exact) mass is 496 g/mol. The summed E-state index contributed by atoms with van der Waals surface area (Å²) in [5.74, 6) is -0.121. The van der Waals surface area contributed by atoms with E-state index < -0.39 is 12.6 Å². The third-order valence-electron chi connectivity index (χ3n) is 4.45. The molecule has 34 heavy (non-hydrogen) atoms. The second-order valence-corrected chi connectivity index (χ2v) is 8.40. The molecule has 2 aromatic heterocycles. The fourth-order valence-electron chi connectivity index (χ4n) is 2.96. The second kappa shape index (κ2) is 11.8. The Hall–Kier alpha value is -3.16. The van der Waals surface area contributed by atoms with Crippen molar-refractivity contribution in [3.8, 4) is 5.75 Å². The summed E-state index contributed by atoms with van der Waals surface area (Å²) in [5.41, 5.74) is 1.33. The van der Waals surface area contributed by atoms with Crippen LogP contribution in [0.4, 0.5) is 19.0 Å². The number of amides is 1. The molecular weight excluding hydrogens is 473 g/mol. The van der Waals surface area contributed by atoms with Crippen molar-refractivity contribution in [2.75, 3.05) is 5.32 Å². The Labute approximate surface area is 197 Å². The van der Waals surface area contributed by atoms with Gasteiger partial charge in [0.1, 0.15) is 10.8 Å². The minimum absolute atomic E-state index is 0.118. The number of halogens is 3. The minimum atomic E-state index is -4.76. The van der Waals surface area contributed by atoms with Crippen LogP contribution in [0.3, 0.4) is 0 Å². The van der Waals surface area contributed by atoms with Crippen LogP contribution in [-0.2, 0) is 24.2 Å². The number of nitrogens with zero attached hydrogens (tertiary/aromatic N) is 4. The van der Waals surface area contributed by atoms with Crippen LogP contribution in [0, 0.1) is 0 Å². The van der Waals surface area contributed by atoms with Gasteiger partial charge in [-0.1, -0.05) is 23.5 Å². The van der Waals surface area contributed by atoms with Crippen molar-refractivity contribution in [2.45, 2.75) is 51.7 Å². The molecule has 0 spiro atoms. The first kappa shape index (κ1) is 25.5. The van der Waals surface area contributed by atoms with Gasteiger partial charge in [0.05, 0.1) is 5.69 Å². The molecule has 1 aromatic carbocycles. The summed E-state index contributed by atoms with van der Waals surface area (Å²) in [4.78, 5) is 11.0. The van der Waals surface area contributed by atoms with Gasteiger partial charge in [-0.05, 0) is 49.1 Å². The Bertz CT molecular complexity index is 1080. The Morgan fingerprint density at radius 1 is 1.12 bits per heavy atom. The third kappa shape index (κ3) is 8.65. The molecule has 3 aromatic rings. The summed E-state index contributed by atoms with van der Waals surface area (Å²) >= 11 is 1.26. The lowest BCUT2D eigenvalue weighted by Gasteiger charge is -2.12. The fourth-order valence-corrected chi connectivity index (χ4v) is 3.80. The number of rotatable bonds is 11. The molecule has 182 valence electrons. The van der Waals surface area contributed by atoms with Gasteiger partial charge < -0.3 is 15.2 Å². The topological polar surface area (TPSA) is 122 Å². The molecule has 0 fully saturated rings.